The van der Waals surface area contributed by atoms with E-state index in [9.17, 15) is 0 Å². The van der Waals surface area contributed by atoms with E-state index in [-0.39, 0.29) is 0 Å². The molecular formula is C14H27N. The van der Waals surface area contributed by atoms with Crippen LogP contribution in [0, 0.1) is 5.41 Å². The van der Waals surface area contributed by atoms with Crippen molar-refractivity contribution in [3.8, 4) is 0 Å². The maximum Gasteiger partial charge on any atom is 0.0330 e. The van der Waals surface area contributed by atoms with E-state index < -0.39 is 0 Å². The predicted molar refractivity (Wildman–Crippen MR) is 68.1 cm³/mol. The van der Waals surface area contributed by atoms with E-state index in [0.717, 1.165) is 6.54 Å². The third-order valence-corrected chi connectivity index (χ3v) is 4.01. The van der Waals surface area contributed by atoms with Crippen molar-refractivity contribution in [1.82, 2.24) is 5.32 Å². The van der Waals surface area contributed by atoms with Gasteiger partial charge in [0.1, 0.15) is 0 Å². The molecule has 1 saturated carbocycles. The van der Waals surface area contributed by atoms with Gasteiger partial charge in [0.2, 0.25) is 0 Å². The Bertz CT molecular complexity index is 201. The molecule has 0 aliphatic heterocycles. The van der Waals surface area contributed by atoms with Crippen LogP contribution in [0.4, 0.5) is 0 Å². The van der Waals surface area contributed by atoms with E-state index in [1.54, 1.807) is 0 Å². The number of nitrogens with one attached hydrogen (secondary N) is 1. The Balaban J connectivity index is 2.71. The molecule has 1 heteroatoms. The molecule has 0 radical (unpaired) electrons. The van der Waals surface area contributed by atoms with Crippen LogP contribution in [0.2, 0.25) is 0 Å². The smallest absolute Gasteiger partial charge is 0.0330 e. The van der Waals surface area contributed by atoms with E-state index in [0.29, 0.717) is 11.5 Å². The second-order valence-electron chi connectivity index (χ2n) is 5.16. The van der Waals surface area contributed by atoms with E-state index in [1.807, 2.05) is 0 Å². The molecule has 1 aliphatic carbocycles. The van der Waals surface area contributed by atoms with Gasteiger partial charge in [0.25, 0.3) is 0 Å². The molecule has 0 aromatic carbocycles. The molecule has 1 atom stereocenters. The van der Waals surface area contributed by atoms with Crippen LogP contribution in [-0.2, 0) is 0 Å². The van der Waals surface area contributed by atoms with Crippen molar-refractivity contribution in [2.75, 3.05) is 6.54 Å². The second-order valence-corrected chi connectivity index (χ2v) is 5.16. The molecule has 0 saturated heterocycles. The molecule has 1 fully saturated rings. The van der Waals surface area contributed by atoms with Crippen LogP contribution >= 0.6 is 0 Å². The van der Waals surface area contributed by atoms with Crippen molar-refractivity contribution in [3.63, 3.8) is 0 Å². The van der Waals surface area contributed by atoms with Gasteiger partial charge in [-0.1, -0.05) is 38.8 Å². The summed E-state index contributed by atoms with van der Waals surface area (Å²) in [5.74, 6) is 0. The van der Waals surface area contributed by atoms with E-state index >= 15 is 0 Å². The lowest BCUT2D eigenvalue weighted by molar-refractivity contribution is 0.211. The first-order valence-corrected chi connectivity index (χ1v) is 6.55. The fraction of sp³-hybridized carbons (Fsp3) is 0.857. The molecule has 1 unspecified atom stereocenters. The Kier molecular flexibility index (Phi) is 4.85. The van der Waals surface area contributed by atoms with Gasteiger partial charge >= 0.3 is 0 Å². The summed E-state index contributed by atoms with van der Waals surface area (Å²) in [5.41, 5.74) is 1.84. The number of hydrogen-bond acceptors (Lipinski definition) is 1. The van der Waals surface area contributed by atoms with Gasteiger partial charge in [-0.15, -0.1) is 0 Å². The summed E-state index contributed by atoms with van der Waals surface area (Å²) in [6.45, 7) is 12.1. The summed E-state index contributed by atoms with van der Waals surface area (Å²) in [4.78, 5) is 0. The van der Waals surface area contributed by atoms with Crippen LogP contribution in [0.15, 0.2) is 12.2 Å². The van der Waals surface area contributed by atoms with Crippen LogP contribution in [-0.4, -0.2) is 12.6 Å². The van der Waals surface area contributed by atoms with Crippen LogP contribution in [0.1, 0.15) is 59.3 Å². The quantitative estimate of drug-likeness (QED) is 0.654. The van der Waals surface area contributed by atoms with Crippen molar-refractivity contribution in [2.45, 2.75) is 65.3 Å². The molecule has 1 N–H and O–H groups in total. The minimum absolute atomic E-state index is 0.515. The van der Waals surface area contributed by atoms with Gasteiger partial charge in [-0.05, 0) is 44.6 Å². The average molecular weight is 209 g/mol. The maximum absolute atomic E-state index is 4.18. The van der Waals surface area contributed by atoms with Crippen molar-refractivity contribution in [2.24, 2.45) is 5.41 Å². The van der Waals surface area contributed by atoms with E-state index in [2.05, 4.69) is 32.7 Å². The van der Waals surface area contributed by atoms with Crippen molar-refractivity contribution < 1.29 is 0 Å². The third-order valence-electron chi connectivity index (χ3n) is 4.01. The first-order valence-electron chi connectivity index (χ1n) is 6.55. The van der Waals surface area contributed by atoms with Gasteiger partial charge < -0.3 is 5.32 Å². The molecule has 0 aromatic heterocycles. The van der Waals surface area contributed by atoms with Gasteiger partial charge in [0.15, 0.2) is 0 Å². The zero-order valence-electron chi connectivity index (χ0n) is 10.7. The lowest BCUT2D eigenvalue weighted by Gasteiger charge is -2.38. The highest BCUT2D eigenvalue weighted by Gasteiger charge is 2.39. The topological polar surface area (TPSA) is 12.0 Å². The van der Waals surface area contributed by atoms with Crippen molar-refractivity contribution in [3.05, 3.63) is 12.2 Å². The van der Waals surface area contributed by atoms with Gasteiger partial charge in [-0.25, -0.2) is 0 Å². The van der Waals surface area contributed by atoms with Crippen LogP contribution in [0.25, 0.3) is 0 Å². The van der Waals surface area contributed by atoms with Gasteiger partial charge in [-0.2, -0.15) is 0 Å². The number of hydrogen-bond donors (Lipinski definition) is 1. The Morgan fingerprint density at radius 3 is 2.33 bits per heavy atom. The average Bonchev–Trinajstić information content (AvgIpc) is 2.68. The predicted octanol–water partition coefficient (Wildman–Crippen LogP) is 3.90. The summed E-state index contributed by atoms with van der Waals surface area (Å²) in [7, 11) is 0. The fourth-order valence-electron chi connectivity index (χ4n) is 3.13. The highest BCUT2D eigenvalue weighted by Crippen LogP contribution is 2.45. The first kappa shape index (κ1) is 12.8. The third kappa shape index (κ3) is 2.84. The molecule has 0 bridgehead atoms. The molecule has 0 spiro atoms. The van der Waals surface area contributed by atoms with Crippen LogP contribution in [0.5, 0.6) is 0 Å². The number of rotatable bonds is 6. The Labute approximate surface area is 95.3 Å². The largest absolute Gasteiger partial charge is 0.310 e. The van der Waals surface area contributed by atoms with Gasteiger partial charge in [-0.3, -0.25) is 0 Å². The molecular weight excluding hydrogens is 182 g/mol. The van der Waals surface area contributed by atoms with E-state index in [4.69, 9.17) is 0 Å². The van der Waals surface area contributed by atoms with Gasteiger partial charge in [0.05, 0.1) is 0 Å². The summed E-state index contributed by atoms with van der Waals surface area (Å²) in [6, 6.07) is 0.546. The molecule has 0 amide bonds. The normalized spacial score (nSPS) is 21.5. The standard InChI is InChI=1S/C14H27N/c1-5-11-15-13(12(3)4)14(6-2)9-7-8-10-14/h13,15H,3,5-11H2,1-2,4H3. The molecule has 1 rings (SSSR count). The molecule has 0 heterocycles. The highest BCUT2D eigenvalue weighted by molar-refractivity contribution is 5.11. The monoisotopic (exact) mass is 209 g/mol. The molecule has 1 aliphatic rings. The highest BCUT2D eigenvalue weighted by atomic mass is 14.9. The summed E-state index contributed by atoms with van der Waals surface area (Å²) in [6.07, 6.45) is 8.09. The summed E-state index contributed by atoms with van der Waals surface area (Å²) >= 11 is 0. The van der Waals surface area contributed by atoms with Gasteiger partial charge in [0, 0.05) is 6.04 Å². The fourth-order valence-corrected chi connectivity index (χ4v) is 3.13. The summed E-state index contributed by atoms with van der Waals surface area (Å²) in [5, 5.41) is 3.70. The molecule has 0 aromatic rings. The molecule has 1 nitrogen and oxygen atoms in total. The zero-order chi connectivity index (χ0) is 11.3. The van der Waals surface area contributed by atoms with Crippen molar-refractivity contribution in [1.29, 1.82) is 0 Å². The molecule has 15 heavy (non-hydrogen) atoms. The van der Waals surface area contributed by atoms with Crippen LogP contribution < -0.4 is 5.32 Å². The van der Waals surface area contributed by atoms with E-state index in [1.165, 1.54) is 44.1 Å². The first-order chi connectivity index (χ1) is 7.16. The Morgan fingerprint density at radius 2 is 1.93 bits per heavy atom. The molecule has 88 valence electrons. The lowest BCUT2D eigenvalue weighted by atomic mass is 9.73. The minimum atomic E-state index is 0.515. The zero-order valence-corrected chi connectivity index (χ0v) is 10.7. The Morgan fingerprint density at radius 1 is 1.33 bits per heavy atom. The van der Waals surface area contributed by atoms with Crippen molar-refractivity contribution >= 4 is 0 Å². The Hall–Kier alpha value is -0.300. The minimum Gasteiger partial charge on any atom is -0.310 e. The van der Waals surface area contributed by atoms with Crippen LogP contribution in [0.3, 0.4) is 0 Å². The maximum atomic E-state index is 4.18. The SMILES string of the molecule is C=C(C)C(NCCC)C1(CC)CCCC1. The lowest BCUT2D eigenvalue weighted by Crippen LogP contribution is -2.44. The second kappa shape index (κ2) is 5.69. The summed E-state index contributed by atoms with van der Waals surface area (Å²) < 4.78 is 0.